The zero-order valence-electron chi connectivity index (χ0n) is 7.89. The number of hydrogen-bond acceptors (Lipinski definition) is 2. The first-order valence-electron chi connectivity index (χ1n) is 4.67. The van der Waals surface area contributed by atoms with Crippen LogP contribution in [0, 0.1) is 11.8 Å². The summed E-state index contributed by atoms with van der Waals surface area (Å²) >= 11 is 0. The van der Waals surface area contributed by atoms with Crippen molar-refractivity contribution in [3.05, 3.63) is 11.1 Å². The van der Waals surface area contributed by atoms with Crippen LogP contribution in [-0.4, -0.2) is 11.8 Å². The molecule has 0 aromatic carbocycles. The van der Waals surface area contributed by atoms with Gasteiger partial charge in [0, 0.05) is 11.1 Å². The number of rotatable bonds is 0. The molecule has 0 saturated heterocycles. The number of carbonyl (C=O) groups excluding carboxylic acids is 2. The molecule has 13 heavy (non-hydrogen) atoms. The Balaban J connectivity index is 2.36. The van der Waals surface area contributed by atoms with E-state index in [-0.39, 0.29) is 11.8 Å². The van der Waals surface area contributed by atoms with E-state index in [2.05, 4.69) is 19.2 Å². The highest BCUT2D eigenvalue weighted by Gasteiger charge is 2.36. The van der Waals surface area contributed by atoms with Gasteiger partial charge in [-0.3, -0.25) is 14.9 Å². The van der Waals surface area contributed by atoms with Gasteiger partial charge in [-0.1, -0.05) is 13.8 Å². The molecule has 1 aliphatic carbocycles. The maximum Gasteiger partial charge on any atom is 0.254 e. The molecule has 70 valence electrons. The summed E-state index contributed by atoms with van der Waals surface area (Å²) in [4.78, 5) is 22.6. The van der Waals surface area contributed by atoms with Gasteiger partial charge in [0.15, 0.2) is 0 Å². The van der Waals surface area contributed by atoms with E-state index in [4.69, 9.17) is 0 Å². The van der Waals surface area contributed by atoms with E-state index in [1.165, 1.54) is 0 Å². The molecule has 1 N–H and O–H groups in total. The Morgan fingerprint density at radius 3 is 1.77 bits per heavy atom. The van der Waals surface area contributed by atoms with Crippen molar-refractivity contribution < 1.29 is 9.59 Å². The van der Waals surface area contributed by atoms with Crippen LogP contribution >= 0.6 is 0 Å². The molecule has 2 amide bonds. The Morgan fingerprint density at radius 1 is 1.00 bits per heavy atom. The van der Waals surface area contributed by atoms with Gasteiger partial charge in [0.05, 0.1) is 0 Å². The highest BCUT2D eigenvalue weighted by molar-refractivity contribution is 6.19. The van der Waals surface area contributed by atoms with Gasteiger partial charge in [-0.15, -0.1) is 0 Å². The molecule has 0 radical (unpaired) electrons. The highest BCUT2D eigenvalue weighted by Crippen LogP contribution is 2.36. The van der Waals surface area contributed by atoms with Gasteiger partial charge < -0.3 is 0 Å². The number of amides is 2. The Hall–Kier alpha value is -1.12. The van der Waals surface area contributed by atoms with E-state index in [1.807, 2.05) is 0 Å². The van der Waals surface area contributed by atoms with Gasteiger partial charge in [0.2, 0.25) is 0 Å². The summed E-state index contributed by atoms with van der Waals surface area (Å²) < 4.78 is 0. The topological polar surface area (TPSA) is 46.2 Å². The predicted octanol–water partition coefficient (Wildman–Crippen LogP) is 1.01. The van der Waals surface area contributed by atoms with Crippen LogP contribution in [0.5, 0.6) is 0 Å². The highest BCUT2D eigenvalue weighted by atomic mass is 16.2. The molecule has 0 aromatic heterocycles. The summed E-state index contributed by atoms with van der Waals surface area (Å²) in [6.45, 7) is 4.26. The van der Waals surface area contributed by atoms with Gasteiger partial charge in [0.25, 0.3) is 11.8 Å². The standard InChI is InChI=1S/C10H13NO2/c1-5-3-7-8(4-6(5)2)10(13)11-9(7)12/h5-6H,3-4H2,1-2H3,(H,11,12,13). The van der Waals surface area contributed by atoms with Crippen molar-refractivity contribution in [3.8, 4) is 0 Å². The fourth-order valence-electron chi connectivity index (χ4n) is 2.01. The van der Waals surface area contributed by atoms with Crippen molar-refractivity contribution in [2.45, 2.75) is 26.7 Å². The molecule has 0 fully saturated rings. The molecule has 3 nitrogen and oxygen atoms in total. The van der Waals surface area contributed by atoms with Crippen LogP contribution in [0.15, 0.2) is 11.1 Å². The second-order valence-corrected chi connectivity index (χ2v) is 4.10. The average molecular weight is 179 g/mol. The van der Waals surface area contributed by atoms with E-state index in [1.54, 1.807) is 0 Å². The van der Waals surface area contributed by atoms with E-state index in [0.29, 0.717) is 11.8 Å². The molecule has 2 atom stereocenters. The normalized spacial score (nSPS) is 33.4. The Kier molecular flexibility index (Phi) is 1.75. The van der Waals surface area contributed by atoms with Gasteiger partial charge in [-0.2, -0.15) is 0 Å². The summed E-state index contributed by atoms with van der Waals surface area (Å²) in [5, 5.41) is 2.35. The van der Waals surface area contributed by atoms with Crippen molar-refractivity contribution in [1.29, 1.82) is 0 Å². The van der Waals surface area contributed by atoms with Crippen LogP contribution in [-0.2, 0) is 9.59 Å². The second-order valence-electron chi connectivity index (χ2n) is 4.10. The lowest BCUT2D eigenvalue weighted by Crippen LogP contribution is -2.22. The Bertz CT molecular complexity index is 287. The molecule has 3 heteroatoms. The minimum absolute atomic E-state index is 0.168. The van der Waals surface area contributed by atoms with Crippen LogP contribution in [0.25, 0.3) is 0 Å². The lowest BCUT2D eigenvalue weighted by molar-refractivity contribution is -0.124. The minimum Gasteiger partial charge on any atom is -0.289 e. The summed E-state index contributed by atoms with van der Waals surface area (Å²) in [6, 6.07) is 0. The third kappa shape index (κ3) is 1.19. The van der Waals surface area contributed by atoms with Gasteiger partial charge in [0.1, 0.15) is 0 Å². The monoisotopic (exact) mass is 179 g/mol. The van der Waals surface area contributed by atoms with Crippen LogP contribution in [0.4, 0.5) is 0 Å². The van der Waals surface area contributed by atoms with Crippen LogP contribution in [0.3, 0.4) is 0 Å². The van der Waals surface area contributed by atoms with E-state index < -0.39 is 0 Å². The van der Waals surface area contributed by atoms with Crippen molar-refractivity contribution in [2.75, 3.05) is 0 Å². The van der Waals surface area contributed by atoms with Crippen molar-refractivity contribution in [2.24, 2.45) is 11.8 Å². The zero-order chi connectivity index (χ0) is 9.59. The molecule has 2 aliphatic rings. The predicted molar refractivity (Wildman–Crippen MR) is 47.7 cm³/mol. The maximum atomic E-state index is 11.3. The lowest BCUT2D eigenvalue weighted by atomic mass is 9.78. The maximum absolute atomic E-state index is 11.3. The van der Waals surface area contributed by atoms with E-state index in [9.17, 15) is 9.59 Å². The third-order valence-corrected chi connectivity index (χ3v) is 3.16. The molecule has 0 saturated carbocycles. The first-order chi connectivity index (χ1) is 6.09. The number of carbonyl (C=O) groups is 2. The Morgan fingerprint density at radius 2 is 1.38 bits per heavy atom. The summed E-state index contributed by atoms with van der Waals surface area (Å²) in [7, 11) is 0. The summed E-state index contributed by atoms with van der Waals surface area (Å²) in [5.74, 6) is 0.684. The zero-order valence-corrected chi connectivity index (χ0v) is 7.89. The SMILES string of the molecule is CC1CC2=C(CC1C)C(=O)NC2=O. The fraction of sp³-hybridized carbons (Fsp3) is 0.600. The lowest BCUT2D eigenvalue weighted by Gasteiger charge is -2.24. The second kappa shape index (κ2) is 2.69. The average Bonchev–Trinajstić information content (AvgIpc) is 2.31. The van der Waals surface area contributed by atoms with Crippen LogP contribution in [0.2, 0.25) is 0 Å². The third-order valence-electron chi connectivity index (χ3n) is 3.16. The Labute approximate surface area is 77.2 Å². The minimum atomic E-state index is -0.168. The first kappa shape index (κ1) is 8.48. The smallest absolute Gasteiger partial charge is 0.254 e. The van der Waals surface area contributed by atoms with Gasteiger partial charge >= 0.3 is 0 Å². The van der Waals surface area contributed by atoms with Crippen LogP contribution in [0.1, 0.15) is 26.7 Å². The van der Waals surface area contributed by atoms with Crippen LogP contribution < -0.4 is 5.32 Å². The molecular weight excluding hydrogens is 166 g/mol. The first-order valence-corrected chi connectivity index (χ1v) is 4.67. The molecule has 0 aromatic rings. The molecular formula is C10H13NO2. The number of hydrogen-bond donors (Lipinski definition) is 1. The molecule has 0 bridgehead atoms. The number of imide groups is 1. The molecule has 1 aliphatic heterocycles. The van der Waals surface area contributed by atoms with Gasteiger partial charge in [-0.05, 0) is 24.7 Å². The summed E-state index contributed by atoms with van der Waals surface area (Å²) in [5.41, 5.74) is 1.46. The molecule has 0 spiro atoms. The van der Waals surface area contributed by atoms with Gasteiger partial charge in [-0.25, -0.2) is 0 Å². The van der Waals surface area contributed by atoms with Crippen molar-refractivity contribution >= 4 is 11.8 Å². The van der Waals surface area contributed by atoms with E-state index >= 15 is 0 Å². The van der Waals surface area contributed by atoms with Crippen molar-refractivity contribution in [3.63, 3.8) is 0 Å². The quantitative estimate of drug-likeness (QED) is 0.564. The van der Waals surface area contributed by atoms with E-state index in [0.717, 1.165) is 24.0 Å². The largest absolute Gasteiger partial charge is 0.289 e. The fourth-order valence-corrected chi connectivity index (χ4v) is 2.01. The van der Waals surface area contributed by atoms with Crippen molar-refractivity contribution in [1.82, 2.24) is 5.32 Å². The molecule has 2 unspecified atom stereocenters. The molecule has 2 rings (SSSR count). The summed E-state index contributed by atoms with van der Waals surface area (Å²) in [6.07, 6.45) is 1.52. The number of nitrogens with one attached hydrogen (secondary N) is 1. The molecule has 1 heterocycles.